The molecule has 17 heavy (non-hydrogen) atoms. The molecule has 2 rings (SSSR count). The van der Waals surface area contributed by atoms with Crippen molar-refractivity contribution in [1.29, 1.82) is 0 Å². The van der Waals surface area contributed by atoms with Crippen LogP contribution in [0.3, 0.4) is 0 Å². The highest BCUT2D eigenvalue weighted by Gasteiger charge is 2.25. The molecule has 1 nitrogen and oxygen atoms in total. The molecule has 1 heterocycles. The average Bonchev–Trinajstić information content (AvgIpc) is 2.85. The molecule has 94 valence electrons. The average molecular weight is 249 g/mol. The lowest BCUT2D eigenvalue weighted by molar-refractivity contribution is 0.551. The quantitative estimate of drug-likeness (QED) is 0.852. The summed E-state index contributed by atoms with van der Waals surface area (Å²) in [4.78, 5) is 0. The van der Waals surface area contributed by atoms with E-state index in [1.807, 2.05) is 0 Å². The van der Waals surface area contributed by atoms with Gasteiger partial charge in [-0.3, -0.25) is 0 Å². The molecule has 0 aromatic heterocycles. The van der Waals surface area contributed by atoms with Gasteiger partial charge in [0.15, 0.2) is 0 Å². The van der Waals surface area contributed by atoms with Crippen LogP contribution >= 0.6 is 11.8 Å². The maximum atomic E-state index is 3.51. The molecule has 1 fully saturated rings. The molecule has 0 aliphatic carbocycles. The lowest BCUT2D eigenvalue weighted by atomic mass is 9.98. The molecule has 2 atom stereocenters. The highest BCUT2D eigenvalue weighted by atomic mass is 32.2. The van der Waals surface area contributed by atoms with E-state index in [1.165, 1.54) is 42.6 Å². The van der Waals surface area contributed by atoms with Crippen LogP contribution in [0.5, 0.6) is 0 Å². The Morgan fingerprint density at radius 3 is 3.00 bits per heavy atom. The van der Waals surface area contributed by atoms with Crippen LogP contribution in [-0.2, 0) is 6.42 Å². The summed E-state index contributed by atoms with van der Waals surface area (Å²) in [5.41, 5.74) is 2.95. The molecule has 2 unspecified atom stereocenters. The minimum Gasteiger partial charge on any atom is -0.312 e. The van der Waals surface area contributed by atoms with Crippen LogP contribution in [0.25, 0.3) is 0 Å². The topological polar surface area (TPSA) is 12.0 Å². The minimum absolute atomic E-state index is 0.527. The van der Waals surface area contributed by atoms with Gasteiger partial charge in [-0.05, 0) is 43.2 Å². The third-order valence-electron chi connectivity index (χ3n) is 3.50. The second-order valence-electron chi connectivity index (χ2n) is 4.81. The van der Waals surface area contributed by atoms with Gasteiger partial charge in [-0.15, -0.1) is 0 Å². The number of nitrogens with one attached hydrogen (secondary N) is 1. The monoisotopic (exact) mass is 249 g/mol. The maximum absolute atomic E-state index is 3.51. The first kappa shape index (κ1) is 13.0. The molecule has 1 aliphatic rings. The Hall–Kier alpha value is -0.470. The smallest absolute Gasteiger partial charge is 0.0438 e. The van der Waals surface area contributed by atoms with Crippen molar-refractivity contribution in [3.63, 3.8) is 0 Å². The van der Waals surface area contributed by atoms with Crippen LogP contribution < -0.4 is 5.32 Å². The largest absolute Gasteiger partial charge is 0.312 e. The molecular weight excluding hydrogens is 226 g/mol. The number of thioether (sulfide) groups is 1. The molecule has 1 aliphatic heterocycles. The fourth-order valence-corrected chi connectivity index (χ4v) is 4.12. The zero-order valence-electron chi connectivity index (χ0n) is 10.9. The van der Waals surface area contributed by atoms with Gasteiger partial charge in [0.05, 0.1) is 0 Å². The van der Waals surface area contributed by atoms with Crippen LogP contribution in [-0.4, -0.2) is 18.1 Å². The van der Waals surface area contributed by atoms with Gasteiger partial charge >= 0.3 is 0 Å². The van der Waals surface area contributed by atoms with Crippen molar-refractivity contribution < 1.29 is 0 Å². The third-order valence-corrected chi connectivity index (χ3v) is 4.96. The van der Waals surface area contributed by atoms with Crippen LogP contribution in [0.2, 0.25) is 0 Å². The highest BCUT2D eigenvalue weighted by Crippen LogP contribution is 2.35. The van der Waals surface area contributed by atoms with Crippen LogP contribution in [0.1, 0.15) is 43.4 Å². The number of benzene rings is 1. The zero-order valence-corrected chi connectivity index (χ0v) is 11.7. The van der Waals surface area contributed by atoms with Gasteiger partial charge < -0.3 is 5.32 Å². The summed E-state index contributed by atoms with van der Waals surface area (Å²) in [5.74, 6) is 1.33. The lowest BCUT2D eigenvalue weighted by Gasteiger charge is -2.23. The van der Waals surface area contributed by atoms with Gasteiger partial charge in [0.2, 0.25) is 0 Å². The van der Waals surface area contributed by atoms with Crippen molar-refractivity contribution in [3.05, 3.63) is 35.4 Å². The van der Waals surface area contributed by atoms with Crippen LogP contribution in [0, 0.1) is 0 Å². The molecule has 0 spiro atoms. The summed E-state index contributed by atoms with van der Waals surface area (Å²) < 4.78 is 0. The standard InChI is InChI=1S/C15H23NS/c1-3-6-12-7-4-8-13(11-12)15(16-2)14-9-5-10-17-14/h4,7-8,11,14-16H,3,5-6,9-10H2,1-2H3. The Balaban J connectivity index is 2.14. The fraction of sp³-hybridized carbons (Fsp3) is 0.600. The van der Waals surface area contributed by atoms with Crippen molar-refractivity contribution in [2.75, 3.05) is 12.8 Å². The number of aryl methyl sites for hydroxylation is 1. The zero-order chi connectivity index (χ0) is 12.1. The molecule has 0 bridgehead atoms. The van der Waals surface area contributed by atoms with Gasteiger partial charge in [-0.2, -0.15) is 11.8 Å². The normalized spacial score (nSPS) is 21.6. The first-order chi connectivity index (χ1) is 8.35. The van der Waals surface area contributed by atoms with E-state index in [2.05, 4.69) is 55.3 Å². The summed E-state index contributed by atoms with van der Waals surface area (Å²) in [6.45, 7) is 2.25. The molecule has 1 aromatic rings. The summed E-state index contributed by atoms with van der Waals surface area (Å²) in [6.07, 6.45) is 5.16. The van der Waals surface area contributed by atoms with E-state index in [0.717, 1.165) is 5.25 Å². The van der Waals surface area contributed by atoms with E-state index in [-0.39, 0.29) is 0 Å². The van der Waals surface area contributed by atoms with Gasteiger partial charge in [0.25, 0.3) is 0 Å². The summed E-state index contributed by atoms with van der Waals surface area (Å²) >= 11 is 2.13. The first-order valence-corrected chi connectivity index (χ1v) is 7.77. The van der Waals surface area contributed by atoms with E-state index in [4.69, 9.17) is 0 Å². The molecular formula is C15H23NS. The van der Waals surface area contributed by atoms with Crippen molar-refractivity contribution in [2.24, 2.45) is 0 Å². The van der Waals surface area contributed by atoms with Crippen molar-refractivity contribution >= 4 is 11.8 Å². The fourth-order valence-electron chi connectivity index (χ4n) is 2.66. The first-order valence-electron chi connectivity index (χ1n) is 6.73. The van der Waals surface area contributed by atoms with E-state index in [1.54, 1.807) is 0 Å². The van der Waals surface area contributed by atoms with Crippen molar-refractivity contribution in [2.45, 2.75) is 43.9 Å². The maximum Gasteiger partial charge on any atom is 0.0438 e. The Kier molecular flexibility index (Phi) is 4.93. The molecule has 1 saturated heterocycles. The Labute approximate surface area is 109 Å². The predicted molar refractivity (Wildman–Crippen MR) is 77.7 cm³/mol. The summed E-state index contributed by atoms with van der Waals surface area (Å²) in [6, 6.07) is 9.66. The van der Waals surface area contributed by atoms with Crippen LogP contribution in [0.15, 0.2) is 24.3 Å². The second-order valence-corrected chi connectivity index (χ2v) is 6.16. The summed E-state index contributed by atoms with van der Waals surface area (Å²) in [7, 11) is 2.09. The molecule has 0 radical (unpaired) electrons. The van der Waals surface area contributed by atoms with Gasteiger partial charge in [-0.1, -0.05) is 37.6 Å². The van der Waals surface area contributed by atoms with Crippen molar-refractivity contribution in [3.8, 4) is 0 Å². The SMILES string of the molecule is CCCc1cccc(C(NC)C2CCCS2)c1. The molecule has 0 amide bonds. The van der Waals surface area contributed by atoms with Crippen molar-refractivity contribution in [1.82, 2.24) is 5.32 Å². The Bertz CT molecular complexity index is 345. The number of hydrogen-bond acceptors (Lipinski definition) is 2. The van der Waals surface area contributed by atoms with Crippen LogP contribution in [0.4, 0.5) is 0 Å². The third kappa shape index (κ3) is 3.26. The van der Waals surface area contributed by atoms with E-state index in [0.29, 0.717) is 6.04 Å². The van der Waals surface area contributed by atoms with Gasteiger partial charge in [-0.25, -0.2) is 0 Å². The predicted octanol–water partition coefficient (Wildman–Crippen LogP) is 3.80. The number of hydrogen-bond donors (Lipinski definition) is 1. The van der Waals surface area contributed by atoms with Gasteiger partial charge in [0.1, 0.15) is 0 Å². The number of rotatable bonds is 5. The summed E-state index contributed by atoms with van der Waals surface area (Å²) in [5, 5.41) is 4.27. The minimum atomic E-state index is 0.527. The van der Waals surface area contributed by atoms with Gasteiger partial charge in [0, 0.05) is 11.3 Å². The molecule has 1 aromatic carbocycles. The molecule has 1 N–H and O–H groups in total. The molecule has 2 heteroatoms. The highest BCUT2D eigenvalue weighted by molar-refractivity contribution is 8.00. The second kappa shape index (κ2) is 6.46. The van der Waals surface area contributed by atoms with E-state index >= 15 is 0 Å². The Morgan fingerprint density at radius 2 is 2.35 bits per heavy atom. The van der Waals surface area contributed by atoms with E-state index < -0.39 is 0 Å². The Morgan fingerprint density at radius 1 is 1.47 bits per heavy atom. The lowest BCUT2D eigenvalue weighted by Crippen LogP contribution is -2.25. The molecule has 0 saturated carbocycles. The van der Waals surface area contributed by atoms with E-state index in [9.17, 15) is 0 Å².